The van der Waals surface area contributed by atoms with Crippen LogP contribution in [-0.4, -0.2) is 0 Å². The third-order valence-corrected chi connectivity index (χ3v) is 11.0. The van der Waals surface area contributed by atoms with E-state index in [4.69, 9.17) is 4.42 Å². The minimum Gasteiger partial charge on any atom is -0.456 e. The highest BCUT2D eigenvalue weighted by Crippen LogP contribution is 2.42. The van der Waals surface area contributed by atoms with Crippen molar-refractivity contribution in [2.24, 2.45) is 0 Å². The average molecular weight is 688 g/mol. The minimum absolute atomic E-state index is 0.903. The number of anilines is 3. The van der Waals surface area contributed by atoms with Gasteiger partial charge in [-0.3, -0.25) is 0 Å². The van der Waals surface area contributed by atoms with Gasteiger partial charge >= 0.3 is 0 Å². The van der Waals surface area contributed by atoms with Crippen LogP contribution in [0, 0.1) is 0 Å². The molecule has 0 bridgehead atoms. The first-order valence-corrected chi connectivity index (χ1v) is 18.5. The maximum Gasteiger partial charge on any atom is 0.136 e. The smallest absolute Gasteiger partial charge is 0.136 e. The maximum absolute atomic E-state index is 6.29. The van der Waals surface area contributed by atoms with Crippen molar-refractivity contribution >= 4 is 82.1 Å². The molecule has 54 heavy (non-hydrogen) atoms. The van der Waals surface area contributed by atoms with E-state index in [0.717, 1.165) is 39.0 Å². The Morgan fingerprint density at radius 3 is 1.61 bits per heavy atom. The average Bonchev–Trinajstić information content (AvgIpc) is 3.63. The first-order chi connectivity index (χ1) is 26.7. The second kappa shape index (κ2) is 12.2. The molecule has 0 atom stereocenters. The zero-order valence-corrected chi connectivity index (χ0v) is 29.4. The molecule has 1 aromatic heterocycles. The van der Waals surface area contributed by atoms with Gasteiger partial charge in [0, 0.05) is 27.8 Å². The Hall–Kier alpha value is -7.16. The van der Waals surface area contributed by atoms with E-state index >= 15 is 0 Å². The number of furan rings is 1. The van der Waals surface area contributed by atoms with Gasteiger partial charge in [-0.2, -0.15) is 0 Å². The summed E-state index contributed by atoms with van der Waals surface area (Å²) in [5.41, 5.74) is 9.86. The predicted molar refractivity (Wildman–Crippen MR) is 229 cm³/mol. The molecule has 10 aromatic carbocycles. The summed E-state index contributed by atoms with van der Waals surface area (Å²) < 4.78 is 6.29. The number of nitrogens with zero attached hydrogens (tertiary/aromatic N) is 1. The van der Waals surface area contributed by atoms with Gasteiger partial charge in [0.05, 0.1) is 0 Å². The van der Waals surface area contributed by atoms with Crippen molar-refractivity contribution in [2.75, 3.05) is 4.90 Å². The molecule has 0 fully saturated rings. The van der Waals surface area contributed by atoms with Gasteiger partial charge in [-0.25, -0.2) is 0 Å². The van der Waals surface area contributed by atoms with Crippen molar-refractivity contribution in [2.45, 2.75) is 0 Å². The van der Waals surface area contributed by atoms with E-state index in [-0.39, 0.29) is 0 Å². The molecule has 0 spiro atoms. The molecule has 11 rings (SSSR count). The molecule has 252 valence electrons. The van der Waals surface area contributed by atoms with Gasteiger partial charge in [-0.15, -0.1) is 0 Å². The standard InChI is InChI=1S/C52H33NO/c1-2-8-34(9-3-1)35-18-25-42(26-19-35)53(44-29-22-38-24-31-50-52(48(38)33-44)47-12-6-7-13-49(47)54-50)43-27-20-36(21-28-43)40-23-30-46-41(32-40)17-16-39-15-14-37-10-4-5-11-45(37)51(39)46/h1-33H. The van der Waals surface area contributed by atoms with Crippen molar-refractivity contribution in [3.05, 3.63) is 200 Å². The highest BCUT2D eigenvalue weighted by Gasteiger charge is 2.17. The van der Waals surface area contributed by atoms with Crippen molar-refractivity contribution in [1.29, 1.82) is 0 Å². The van der Waals surface area contributed by atoms with Crippen LogP contribution >= 0.6 is 0 Å². The van der Waals surface area contributed by atoms with Crippen molar-refractivity contribution in [1.82, 2.24) is 0 Å². The Balaban J connectivity index is 1.03. The zero-order valence-electron chi connectivity index (χ0n) is 29.4. The van der Waals surface area contributed by atoms with Gasteiger partial charge in [0.2, 0.25) is 0 Å². The molecule has 0 radical (unpaired) electrons. The Morgan fingerprint density at radius 2 is 0.815 bits per heavy atom. The van der Waals surface area contributed by atoms with Gasteiger partial charge in [0.1, 0.15) is 11.2 Å². The van der Waals surface area contributed by atoms with Gasteiger partial charge in [-0.1, -0.05) is 146 Å². The largest absolute Gasteiger partial charge is 0.456 e. The number of para-hydroxylation sites is 1. The first-order valence-electron chi connectivity index (χ1n) is 18.5. The summed E-state index contributed by atoms with van der Waals surface area (Å²) in [6, 6.07) is 72.3. The van der Waals surface area contributed by atoms with Crippen molar-refractivity contribution in [3.8, 4) is 22.3 Å². The SMILES string of the molecule is c1ccc(-c2ccc(N(c3ccc(-c4ccc5c(ccc6ccc7ccccc7c65)c4)cc3)c3ccc4ccc5oc6ccccc6c5c4c3)cc2)cc1. The lowest BCUT2D eigenvalue weighted by atomic mass is 9.94. The summed E-state index contributed by atoms with van der Waals surface area (Å²) in [7, 11) is 0. The second-order valence-corrected chi connectivity index (χ2v) is 14.1. The third kappa shape index (κ3) is 4.96. The van der Waals surface area contributed by atoms with Crippen molar-refractivity contribution in [3.63, 3.8) is 0 Å². The summed E-state index contributed by atoms with van der Waals surface area (Å²) in [6.45, 7) is 0. The van der Waals surface area contributed by atoms with Gasteiger partial charge in [0.25, 0.3) is 0 Å². The van der Waals surface area contributed by atoms with Crippen LogP contribution in [0.1, 0.15) is 0 Å². The summed E-state index contributed by atoms with van der Waals surface area (Å²) in [5.74, 6) is 0. The third-order valence-electron chi connectivity index (χ3n) is 11.0. The van der Waals surface area contributed by atoms with E-state index in [2.05, 4.69) is 193 Å². The normalized spacial score (nSPS) is 11.7. The van der Waals surface area contributed by atoms with Crippen LogP contribution in [0.4, 0.5) is 17.1 Å². The van der Waals surface area contributed by atoms with E-state index in [9.17, 15) is 0 Å². The lowest BCUT2D eigenvalue weighted by molar-refractivity contribution is 0.669. The molecule has 0 aliphatic heterocycles. The molecule has 0 amide bonds. The highest BCUT2D eigenvalue weighted by molar-refractivity contribution is 6.21. The van der Waals surface area contributed by atoms with Crippen LogP contribution in [0.15, 0.2) is 205 Å². The van der Waals surface area contributed by atoms with Gasteiger partial charge in [-0.05, 0) is 120 Å². The van der Waals surface area contributed by atoms with Crippen LogP contribution in [0.3, 0.4) is 0 Å². The molecule has 0 aliphatic rings. The fourth-order valence-electron chi connectivity index (χ4n) is 8.37. The Labute approximate surface area is 312 Å². The molecule has 11 aromatic rings. The summed E-state index contributed by atoms with van der Waals surface area (Å²) in [6.07, 6.45) is 0. The van der Waals surface area contributed by atoms with Gasteiger partial charge in [0.15, 0.2) is 0 Å². The van der Waals surface area contributed by atoms with Crippen LogP contribution in [0.2, 0.25) is 0 Å². The van der Waals surface area contributed by atoms with Gasteiger partial charge < -0.3 is 9.32 Å². The molecule has 0 saturated carbocycles. The number of hydrogen-bond acceptors (Lipinski definition) is 2. The fraction of sp³-hybridized carbons (Fsp3) is 0. The monoisotopic (exact) mass is 687 g/mol. The van der Waals surface area contributed by atoms with Crippen LogP contribution in [0.5, 0.6) is 0 Å². The fourth-order valence-corrected chi connectivity index (χ4v) is 8.37. The lowest BCUT2D eigenvalue weighted by Gasteiger charge is -2.26. The number of fused-ring (bicyclic) bond motifs is 10. The molecular formula is C52H33NO. The van der Waals surface area contributed by atoms with E-state index in [1.54, 1.807) is 0 Å². The minimum atomic E-state index is 0.903. The molecule has 0 N–H and O–H groups in total. The molecule has 0 aliphatic carbocycles. The van der Waals surface area contributed by atoms with Crippen LogP contribution in [-0.2, 0) is 0 Å². The quantitative estimate of drug-likeness (QED) is 0.168. The Morgan fingerprint density at radius 1 is 0.278 bits per heavy atom. The summed E-state index contributed by atoms with van der Waals surface area (Å²) >= 11 is 0. The maximum atomic E-state index is 6.29. The molecule has 2 heteroatoms. The molecular weight excluding hydrogens is 655 g/mol. The first kappa shape index (κ1) is 30.5. The number of rotatable bonds is 5. The summed E-state index contributed by atoms with van der Waals surface area (Å²) in [4.78, 5) is 2.36. The summed E-state index contributed by atoms with van der Waals surface area (Å²) in [5, 5.41) is 12.3. The molecule has 0 unspecified atom stereocenters. The van der Waals surface area contributed by atoms with E-state index in [1.165, 1.54) is 65.3 Å². The number of hydrogen-bond donors (Lipinski definition) is 0. The molecule has 1 heterocycles. The predicted octanol–water partition coefficient (Wildman–Crippen LogP) is 15.0. The Bertz CT molecular complexity index is 3190. The van der Waals surface area contributed by atoms with Crippen LogP contribution < -0.4 is 4.90 Å². The second-order valence-electron chi connectivity index (χ2n) is 14.1. The van der Waals surface area contributed by atoms with E-state index < -0.39 is 0 Å². The number of benzene rings is 10. The highest BCUT2D eigenvalue weighted by atomic mass is 16.3. The van der Waals surface area contributed by atoms with Crippen molar-refractivity contribution < 1.29 is 4.42 Å². The van der Waals surface area contributed by atoms with Crippen LogP contribution in [0.25, 0.3) is 87.3 Å². The topological polar surface area (TPSA) is 16.4 Å². The lowest BCUT2D eigenvalue weighted by Crippen LogP contribution is -2.09. The molecule has 2 nitrogen and oxygen atoms in total. The van der Waals surface area contributed by atoms with E-state index in [0.29, 0.717) is 0 Å². The Kier molecular flexibility index (Phi) is 6.90. The van der Waals surface area contributed by atoms with E-state index in [1.807, 2.05) is 12.1 Å². The molecule has 0 saturated heterocycles. The zero-order chi connectivity index (χ0) is 35.6.